The zero-order valence-corrected chi connectivity index (χ0v) is 26.2. The number of carbonyl (C=O) groups excluding carboxylic acids is 2. The zero-order valence-electron chi connectivity index (χ0n) is 23.8. The smallest absolute Gasteiger partial charge is 0.229 e. The summed E-state index contributed by atoms with van der Waals surface area (Å²) < 4.78 is 23.5. The minimum absolute atomic E-state index is 0. The van der Waals surface area contributed by atoms with Gasteiger partial charge >= 0.3 is 0 Å². The van der Waals surface area contributed by atoms with Crippen LogP contribution in [0.2, 0.25) is 5.02 Å². The SMILES string of the molecule is CC(C)(C)C(=O)NC(CCN1CCC2(CC1)CCN(Cc1ccc(S(C)(=O)=O)cc1)C2=O)c1ccc(Cl)cc1.Cl. The van der Waals surface area contributed by atoms with E-state index in [0.717, 1.165) is 63.0 Å². The van der Waals surface area contributed by atoms with E-state index in [0.29, 0.717) is 16.5 Å². The average molecular weight is 611 g/mol. The van der Waals surface area contributed by atoms with Gasteiger partial charge < -0.3 is 15.1 Å². The summed E-state index contributed by atoms with van der Waals surface area (Å²) in [5.41, 5.74) is 1.19. The predicted octanol–water partition coefficient (Wildman–Crippen LogP) is 5.27. The molecule has 1 atom stereocenters. The summed E-state index contributed by atoms with van der Waals surface area (Å²) >= 11 is 6.09. The Bertz CT molecular complexity index is 1280. The second-order valence-corrected chi connectivity index (χ2v) is 14.6. The number of amides is 2. The first-order valence-electron chi connectivity index (χ1n) is 13.6. The molecule has 40 heavy (non-hydrogen) atoms. The number of nitrogens with one attached hydrogen (secondary N) is 1. The molecule has 1 unspecified atom stereocenters. The van der Waals surface area contributed by atoms with E-state index in [1.165, 1.54) is 6.26 Å². The van der Waals surface area contributed by atoms with Crippen molar-refractivity contribution in [2.24, 2.45) is 10.8 Å². The Labute approximate surface area is 250 Å². The standard InChI is InChI=1S/C30H40ClN3O4S.ClH/c1-29(2,3)27(35)32-26(23-7-9-24(31)10-8-23)13-17-33-18-14-30(15-19-33)16-20-34(28(30)36)21-22-5-11-25(12-6-22)39(4,37)38;/h5-12,26H,13-21H2,1-4H3,(H,32,35);1H. The van der Waals surface area contributed by atoms with Crippen LogP contribution in [0, 0.1) is 10.8 Å². The van der Waals surface area contributed by atoms with Crippen LogP contribution < -0.4 is 5.32 Å². The molecule has 2 aromatic rings. The largest absolute Gasteiger partial charge is 0.349 e. The van der Waals surface area contributed by atoms with Crippen LogP contribution in [0.5, 0.6) is 0 Å². The number of hydrogen-bond acceptors (Lipinski definition) is 5. The van der Waals surface area contributed by atoms with Crippen molar-refractivity contribution in [2.45, 2.75) is 63.9 Å². The summed E-state index contributed by atoms with van der Waals surface area (Å²) in [5, 5.41) is 3.89. The van der Waals surface area contributed by atoms with Crippen molar-refractivity contribution in [3.63, 3.8) is 0 Å². The Hall–Kier alpha value is -2.13. The maximum Gasteiger partial charge on any atom is 0.229 e. The Morgan fingerprint density at radius 2 is 1.57 bits per heavy atom. The van der Waals surface area contributed by atoms with Crippen LogP contribution in [0.4, 0.5) is 0 Å². The van der Waals surface area contributed by atoms with E-state index in [9.17, 15) is 18.0 Å². The Morgan fingerprint density at radius 3 is 2.12 bits per heavy atom. The molecule has 0 aromatic heterocycles. The second-order valence-electron chi connectivity index (χ2n) is 12.1. The number of carbonyl (C=O) groups is 2. The molecule has 2 heterocycles. The van der Waals surface area contributed by atoms with Crippen LogP contribution in [-0.4, -0.2) is 62.5 Å². The number of benzene rings is 2. The molecule has 2 saturated heterocycles. The molecule has 0 bridgehead atoms. The van der Waals surface area contributed by atoms with Crippen molar-refractivity contribution >= 4 is 45.7 Å². The molecular weight excluding hydrogens is 569 g/mol. The highest BCUT2D eigenvalue weighted by Crippen LogP contribution is 2.42. The molecule has 2 aliphatic rings. The number of hydrogen-bond donors (Lipinski definition) is 1. The van der Waals surface area contributed by atoms with E-state index in [1.54, 1.807) is 24.3 Å². The third-order valence-corrected chi connectivity index (χ3v) is 9.51. The van der Waals surface area contributed by atoms with Gasteiger partial charge in [0.05, 0.1) is 16.4 Å². The summed E-state index contributed by atoms with van der Waals surface area (Å²) in [6.07, 6.45) is 4.49. The summed E-state index contributed by atoms with van der Waals surface area (Å²) in [5.74, 6) is 0.230. The van der Waals surface area contributed by atoms with Gasteiger partial charge in [-0.3, -0.25) is 9.59 Å². The predicted molar refractivity (Wildman–Crippen MR) is 161 cm³/mol. The van der Waals surface area contributed by atoms with Crippen molar-refractivity contribution in [2.75, 3.05) is 32.4 Å². The molecule has 0 saturated carbocycles. The molecule has 4 rings (SSSR count). The van der Waals surface area contributed by atoms with E-state index in [1.807, 2.05) is 49.9 Å². The number of piperidine rings is 1. The molecule has 220 valence electrons. The van der Waals surface area contributed by atoms with Crippen molar-refractivity contribution in [1.82, 2.24) is 15.1 Å². The molecule has 1 spiro atoms. The number of halogens is 2. The van der Waals surface area contributed by atoms with Gasteiger partial charge in [0, 0.05) is 36.3 Å². The molecule has 2 aromatic carbocycles. The van der Waals surface area contributed by atoms with Crippen LogP contribution in [0.25, 0.3) is 0 Å². The van der Waals surface area contributed by atoms with Crippen LogP contribution in [0.15, 0.2) is 53.4 Å². The van der Waals surface area contributed by atoms with Crippen molar-refractivity contribution in [3.05, 3.63) is 64.7 Å². The lowest BCUT2D eigenvalue weighted by Gasteiger charge is -2.38. The average Bonchev–Trinajstić information content (AvgIpc) is 3.17. The van der Waals surface area contributed by atoms with E-state index >= 15 is 0 Å². The van der Waals surface area contributed by atoms with Gasteiger partial charge in [0.1, 0.15) is 0 Å². The first kappa shape index (κ1) is 32.4. The van der Waals surface area contributed by atoms with Crippen LogP contribution in [0.1, 0.15) is 63.6 Å². The maximum atomic E-state index is 13.5. The summed E-state index contributed by atoms with van der Waals surface area (Å²) in [6, 6.07) is 14.4. The van der Waals surface area contributed by atoms with Gasteiger partial charge in [-0.25, -0.2) is 8.42 Å². The number of likely N-dealkylation sites (tertiary alicyclic amines) is 2. The van der Waals surface area contributed by atoms with Crippen LogP contribution in [-0.2, 0) is 26.0 Å². The van der Waals surface area contributed by atoms with Gasteiger partial charge in [-0.05, 0) is 74.2 Å². The van der Waals surface area contributed by atoms with Crippen molar-refractivity contribution < 1.29 is 18.0 Å². The third kappa shape index (κ3) is 7.78. The van der Waals surface area contributed by atoms with E-state index in [-0.39, 0.29) is 35.7 Å². The fourth-order valence-corrected chi connectivity index (χ4v) is 6.23. The number of sulfone groups is 1. The molecular formula is C30H41Cl2N3O4S. The van der Waals surface area contributed by atoms with Gasteiger partial charge in [0.2, 0.25) is 11.8 Å². The van der Waals surface area contributed by atoms with E-state index in [2.05, 4.69) is 10.2 Å². The quantitative estimate of drug-likeness (QED) is 0.440. The Morgan fingerprint density at radius 1 is 1.00 bits per heavy atom. The molecule has 0 radical (unpaired) electrons. The lowest BCUT2D eigenvalue weighted by atomic mass is 9.77. The normalized spacial score (nSPS) is 18.4. The maximum absolute atomic E-state index is 13.5. The highest BCUT2D eigenvalue weighted by molar-refractivity contribution is 7.90. The fraction of sp³-hybridized carbons (Fsp3) is 0.533. The summed E-state index contributed by atoms with van der Waals surface area (Å²) in [6.45, 7) is 9.51. The van der Waals surface area contributed by atoms with Gasteiger partial charge in [-0.1, -0.05) is 56.6 Å². The fourth-order valence-electron chi connectivity index (χ4n) is 5.48. The van der Waals surface area contributed by atoms with Crippen molar-refractivity contribution in [1.29, 1.82) is 0 Å². The number of rotatable bonds is 8. The Balaban J connectivity index is 0.00000441. The second kappa shape index (κ2) is 12.8. The molecule has 0 aliphatic carbocycles. The molecule has 7 nitrogen and oxygen atoms in total. The Kier molecular flexibility index (Phi) is 10.4. The van der Waals surface area contributed by atoms with Gasteiger partial charge in [0.25, 0.3) is 0 Å². The minimum Gasteiger partial charge on any atom is -0.349 e. The lowest BCUT2D eigenvalue weighted by molar-refractivity contribution is -0.139. The molecule has 2 fully saturated rings. The molecule has 2 aliphatic heterocycles. The zero-order chi connectivity index (χ0) is 28.4. The minimum atomic E-state index is -3.24. The topological polar surface area (TPSA) is 86.8 Å². The molecule has 2 amide bonds. The third-order valence-electron chi connectivity index (χ3n) is 8.13. The molecule has 1 N–H and O–H groups in total. The van der Waals surface area contributed by atoms with Crippen LogP contribution >= 0.6 is 24.0 Å². The summed E-state index contributed by atoms with van der Waals surface area (Å²) in [7, 11) is -3.24. The first-order valence-corrected chi connectivity index (χ1v) is 15.9. The van der Waals surface area contributed by atoms with E-state index < -0.39 is 15.3 Å². The summed E-state index contributed by atoms with van der Waals surface area (Å²) in [4.78, 5) is 30.9. The lowest BCUT2D eigenvalue weighted by Crippen LogP contribution is -2.45. The first-order chi connectivity index (χ1) is 18.3. The highest BCUT2D eigenvalue weighted by Gasteiger charge is 2.47. The van der Waals surface area contributed by atoms with Crippen LogP contribution in [0.3, 0.4) is 0 Å². The van der Waals surface area contributed by atoms with Gasteiger partial charge in [0.15, 0.2) is 9.84 Å². The monoisotopic (exact) mass is 609 g/mol. The molecule has 10 heteroatoms. The van der Waals surface area contributed by atoms with Gasteiger partial charge in [-0.15, -0.1) is 12.4 Å². The highest BCUT2D eigenvalue weighted by atomic mass is 35.5. The van der Waals surface area contributed by atoms with E-state index in [4.69, 9.17) is 11.6 Å². The van der Waals surface area contributed by atoms with Crippen molar-refractivity contribution in [3.8, 4) is 0 Å². The number of nitrogens with zero attached hydrogens (tertiary/aromatic N) is 2. The van der Waals surface area contributed by atoms with Gasteiger partial charge in [-0.2, -0.15) is 0 Å².